The second kappa shape index (κ2) is 8.73. The first kappa shape index (κ1) is 19.0. The SMILES string of the molecule is O=C(CN1CCN(C(=O)Cc2cccc(F)c2)CC1)Nc1ccc(F)cc1. The highest BCUT2D eigenvalue weighted by Gasteiger charge is 2.22. The molecule has 27 heavy (non-hydrogen) atoms. The average molecular weight is 373 g/mol. The quantitative estimate of drug-likeness (QED) is 0.875. The molecule has 5 nitrogen and oxygen atoms in total. The molecule has 1 fully saturated rings. The van der Waals surface area contributed by atoms with Gasteiger partial charge in [-0.2, -0.15) is 0 Å². The molecule has 2 aromatic rings. The first-order chi connectivity index (χ1) is 13.0. The Hall–Kier alpha value is -2.80. The Morgan fingerprint density at radius 2 is 1.63 bits per heavy atom. The van der Waals surface area contributed by atoms with Crippen LogP contribution in [0.3, 0.4) is 0 Å². The number of nitrogens with zero attached hydrogens (tertiary/aromatic N) is 2. The van der Waals surface area contributed by atoms with Gasteiger partial charge in [0.05, 0.1) is 13.0 Å². The summed E-state index contributed by atoms with van der Waals surface area (Å²) in [4.78, 5) is 28.1. The molecule has 1 saturated heterocycles. The normalized spacial score (nSPS) is 14.8. The first-order valence-electron chi connectivity index (χ1n) is 8.79. The second-order valence-electron chi connectivity index (χ2n) is 6.52. The van der Waals surface area contributed by atoms with Gasteiger partial charge in [-0.1, -0.05) is 12.1 Å². The van der Waals surface area contributed by atoms with Gasteiger partial charge in [0.25, 0.3) is 0 Å². The maximum atomic E-state index is 13.2. The van der Waals surface area contributed by atoms with E-state index >= 15 is 0 Å². The molecule has 0 aliphatic carbocycles. The number of rotatable bonds is 5. The molecule has 1 heterocycles. The second-order valence-corrected chi connectivity index (χ2v) is 6.52. The van der Waals surface area contributed by atoms with E-state index < -0.39 is 0 Å². The highest BCUT2D eigenvalue weighted by molar-refractivity contribution is 5.92. The molecule has 0 saturated carbocycles. The lowest BCUT2D eigenvalue weighted by molar-refractivity contribution is -0.132. The average Bonchev–Trinajstić information content (AvgIpc) is 2.64. The van der Waals surface area contributed by atoms with Gasteiger partial charge in [-0.25, -0.2) is 8.78 Å². The molecule has 0 bridgehead atoms. The van der Waals surface area contributed by atoms with Crippen molar-refractivity contribution in [1.29, 1.82) is 0 Å². The number of halogens is 2. The van der Waals surface area contributed by atoms with Crippen molar-refractivity contribution in [3.05, 3.63) is 65.7 Å². The predicted octanol–water partition coefficient (Wildman–Crippen LogP) is 2.29. The van der Waals surface area contributed by atoms with E-state index in [1.54, 1.807) is 17.0 Å². The van der Waals surface area contributed by atoms with Crippen LogP contribution in [-0.2, 0) is 16.0 Å². The van der Waals surface area contributed by atoms with Crippen molar-refractivity contribution < 1.29 is 18.4 Å². The van der Waals surface area contributed by atoms with Gasteiger partial charge in [-0.3, -0.25) is 14.5 Å². The molecule has 0 atom stereocenters. The number of carbonyl (C=O) groups is 2. The van der Waals surface area contributed by atoms with E-state index in [0.717, 1.165) is 0 Å². The van der Waals surface area contributed by atoms with E-state index in [9.17, 15) is 18.4 Å². The van der Waals surface area contributed by atoms with E-state index in [0.29, 0.717) is 37.4 Å². The third kappa shape index (κ3) is 5.59. The lowest BCUT2D eigenvalue weighted by atomic mass is 10.1. The molecule has 1 aliphatic heterocycles. The molecule has 0 unspecified atom stereocenters. The van der Waals surface area contributed by atoms with E-state index in [4.69, 9.17) is 0 Å². The molecule has 2 amide bonds. The van der Waals surface area contributed by atoms with Gasteiger partial charge in [0.2, 0.25) is 11.8 Å². The van der Waals surface area contributed by atoms with Crippen LogP contribution in [0.25, 0.3) is 0 Å². The first-order valence-corrected chi connectivity index (χ1v) is 8.79. The molecule has 7 heteroatoms. The molecule has 0 radical (unpaired) electrons. The molecule has 0 aromatic heterocycles. The minimum absolute atomic E-state index is 0.0454. The number of piperazine rings is 1. The van der Waals surface area contributed by atoms with E-state index in [1.165, 1.54) is 36.4 Å². The number of anilines is 1. The topological polar surface area (TPSA) is 52.7 Å². The zero-order valence-electron chi connectivity index (χ0n) is 14.8. The number of hydrogen-bond acceptors (Lipinski definition) is 3. The van der Waals surface area contributed by atoms with E-state index in [-0.39, 0.29) is 36.4 Å². The number of nitrogens with one attached hydrogen (secondary N) is 1. The predicted molar refractivity (Wildman–Crippen MR) is 98.2 cm³/mol. The van der Waals surface area contributed by atoms with Gasteiger partial charge in [0.1, 0.15) is 11.6 Å². The Morgan fingerprint density at radius 3 is 2.30 bits per heavy atom. The van der Waals surface area contributed by atoms with Crippen LogP contribution in [0.5, 0.6) is 0 Å². The molecular weight excluding hydrogens is 352 g/mol. The van der Waals surface area contributed by atoms with Crippen molar-refractivity contribution in [2.24, 2.45) is 0 Å². The summed E-state index contributed by atoms with van der Waals surface area (Å²) in [5.41, 5.74) is 1.20. The third-order valence-corrected chi connectivity index (χ3v) is 4.46. The number of hydrogen-bond donors (Lipinski definition) is 1. The fraction of sp³-hybridized carbons (Fsp3) is 0.300. The minimum atomic E-state index is -0.355. The Kier molecular flexibility index (Phi) is 6.13. The number of benzene rings is 2. The van der Waals surface area contributed by atoms with Crippen LogP contribution in [-0.4, -0.2) is 54.3 Å². The summed E-state index contributed by atoms with van der Waals surface area (Å²) in [6.45, 7) is 2.44. The van der Waals surface area contributed by atoms with Crippen molar-refractivity contribution >= 4 is 17.5 Å². The smallest absolute Gasteiger partial charge is 0.238 e. The van der Waals surface area contributed by atoms with Gasteiger partial charge < -0.3 is 10.2 Å². The van der Waals surface area contributed by atoms with Gasteiger partial charge in [0.15, 0.2) is 0 Å². The van der Waals surface area contributed by atoms with Crippen LogP contribution in [0.2, 0.25) is 0 Å². The highest BCUT2D eigenvalue weighted by atomic mass is 19.1. The maximum Gasteiger partial charge on any atom is 0.238 e. The summed E-state index contributed by atoms with van der Waals surface area (Å²) in [6, 6.07) is 11.6. The number of carbonyl (C=O) groups excluding carboxylic acids is 2. The minimum Gasteiger partial charge on any atom is -0.340 e. The lowest BCUT2D eigenvalue weighted by Crippen LogP contribution is -2.50. The summed E-state index contributed by atoms with van der Waals surface area (Å²) in [6.07, 6.45) is 0.169. The summed E-state index contributed by atoms with van der Waals surface area (Å²) >= 11 is 0. The third-order valence-electron chi connectivity index (χ3n) is 4.46. The standard InChI is InChI=1S/C20H21F2N3O2/c21-16-4-6-18(7-5-16)23-19(26)14-24-8-10-25(11-9-24)20(27)13-15-2-1-3-17(22)12-15/h1-7,12H,8-11,13-14H2,(H,23,26). The largest absolute Gasteiger partial charge is 0.340 e. The molecule has 142 valence electrons. The Balaban J connectivity index is 1.43. The number of amides is 2. The van der Waals surface area contributed by atoms with Crippen molar-refractivity contribution in [3.63, 3.8) is 0 Å². The van der Waals surface area contributed by atoms with Crippen LogP contribution in [0.4, 0.5) is 14.5 Å². The summed E-state index contributed by atoms with van der Waals surface area (Å²) < 4.78 is 26.1. The summed E-state index contributed by atoms with van der Waals surface area (Å²) in [7, 11) is 0. The molecule has 1 aliphatic rings. The van der Waals surface area contributed by atoms with Gasteiger partial charge in [-0.15, -0.1) is 0 Å². The van der Waals surface area contributed by atoms with Crippen molar-refractivity contribution in [3.8, 4) is 0 Å². The van der Waals surface area contributed by atoms with Crippen LogP contribution >= 0.6 is 0 Å². The van der Waals surface area contributed by atoms with Gasteiger partial charge >= 0.3 is 0 Å². The molecule has 1 N–H and O–H groups in total. The molecule has 2 aromatic carbocycles. The molecular formula is C20H21F2N3O2. The molecule has 0 spiro atoms. The van der Waals surface area contributed by atoms with E-state index in [2.05, 4.69) is 5.32 Å². The van der Waals surface area contributed by atoms with Crippen molar-refractivity contribution in [1.82, 2.24) is 9.80 Å². The monoisotopic (exact) mass is 373 g/mol. The van der Waals surface area contributed by atoms with Crippen molar-refractivity contribution in [2.45, 2.75) is 6.42 Å². The zero-order valence-corrected chi connectivity index (χ0v) is 14.8. The lowest BCUT2D eigenvalue weighted by Gasteiger charge is -2.34. The van der Waals surface area contributed by atoms with Crippen molar-refractivity contribution in [2.75, 3.05) is 38.0 Å². The zero-order chi connectivity index (χ0) is 19.2. The van der Waals surface area contributed by atoms with Gasteiger partial charge in [0, 0.05) is 31.9 Å². The van der Waals surface area contributed by atoms with Crippen LogP contribution in [0, 0.1) is 11.6 Å². The maximum absolute atomic E-state index is 13.2. The Labute approximate surface area is 156 Å². The Morgan fingerprint density at radius 1 is 0.926 bits per heavy atom. The van der Waals surface area contributed by atoms with Crippen LogP contribution < -0.4 is 5.32 Å². The van der Waals surface area contributed by atoms with Gasteiger partial charge in [-0.05, 0) is 42.0 Å². The van der Waals surface area contributed by atoms with Crippen LogP contribution in [0.15, 0.2) is 48.5 Å². The van der Waals surface area contributed by atoms with E-state index in [1.807, 2.05) is 4.90 Å². The highest BCUT2D eigenvalue weighted by Crippen LogP contribution is 2.10. The fourth-order valence-electron chi connectivity index (χ4n) is 3.03. The van der Waals surface area contributed by atoms with Crippen LogP contribution in [0.1, 0.15) is 5.56 Å². The summed E-state index contributed by atoms with van der Waals surface area (Å²) in [5.74, 6) is -0.929. The Bertz CT molecular complexity index is 803. The fourth-order valence-corrected chi connectivity index (χ4v) is 3.03. The summed E-state index contributed by atoms with van der Waals surface area (Å²) in [5, 5.41) is 2.73. The molecule has 3 rings (SSSR count).